The quantitative estimate of drug-likeness (QED) is 0.654. The van der Waals surface area contributed by atoms with E-state index in [0.717, 1.165) is 23.0 Å². The number of aliphatic carboxylic acids is 1. The fourth-order valence-electron chi connectivity index (χ4n) is 2.69. The number of carboxylic acid groups (broad SMARTS) is 1. The number of rotatable bonds is 4. The maximum atomic E-state index is 13.5. The van der Waals surface area contributed by atoms with Crippen LogP contribution in [0.15, 0.2) is 35.4 Å². The summed E-state index contributed by atoms with van der Waals surface area (Å²) in [5, 5.41) is 22.3. The minimum atomic E-state index is -4.94. The number of nitrogens with zero attached hydrogens (tertiary/aromatic N) is 3. The van der Waals surface area contributed by atoms with Crippen molar-refractivity contribution in [3.05, 3.63) is 57.4 Å². The molecule has 0 saturated heterocycles. The molecule has 7 nitrogen and oxygen atoms in total. The Bertz CT molecular complexity index is 1190. The molecule has 0 atom stereocenters. The molecule has 3 aromatic rings. The number of carbonyl (C=O) groups is 1. The first-order valence-electron chi connectivity index (χ1n) is 7.77. The Morgan fingerprint density at radius 3 is 2.50 bits per heavy atom. The fourth-order valence-corrected chi connectivity index (χ4v) is 2.69. The lowest BCUT2D eigenvalue weighted by molar-refractivity contribution is -0.140. The predicted molar refractivity (Wildman–Crippen MR) is 87.8 cm³/mol. The van der Waals surface area contributed by atoms with E-state index < -0.39 is 41.1 Å². The third kappa shape index (κ3) is 3.50. The average molecular weight is 397 g/mol. The molecule has 28 heavy (non-hydrogen) atoms. The highest BCUT2D eigenvalue weighted by molar-refractivity contribution is 5.69. The highest BCUT2D eigenvalue weighted by Gasteiger charge is 2.34. The monoisotopic (exact) mass is 397 g/mol. The third-order valence-corrected chi connectivity index (χ3v) is 3.95. The average Bonchev–Trinajstić information content (AvgIpc) is 3.07. The molecule has 0 fully saturated rings. The van der Waals surface area contributed by atoms with E-state index in [1.165, 1.54) is 0 Å². The molecule has 0 unspecified atom stereocenters. The van der Waals surface area contributed by atoms with Gasteiger partial charge in [0.05, 0.1) is 17.7 Å². The molecule has 2 N–H and O–H groups in total. The Morgan fingerprint density at radius 2 is 1.86 bits per heavy atom. The van der Waals surface area contributed by atoms with Crippen molar-refractivity contribution < 1.29 is 32.6 Å². The number of hydrogen-bond acceptors (Lipinski definition) is 5. The summed E-state index contributed by atoms with van der Waals surface area (Å²) < 4.78 is 53.5. The smallest absolute Gasteiger partial charge is 0.419 e. The molecule has 2 heterocycles. The molecule has 0 saturated carbocycles. The van der Waals surface area contributed by atoms with Crippen molar-refractivity contribution in [2.24, 2.45) is 0 Å². The number of aromatic nitrogens is 3. The number of aliphatic hydroxyl groups is 1. The van der Waals surface area contributed by atoms with E-state index in [4.69, 9.17) is 5.11 Å². The van der Waals surface area contributed by atoms with E-state index in [9.17, 15) is 32.3 Å². The maximum Gasteiger partial charge on any atom is 0.419 e. The van der Waals surface area contributed by atoms with E-state index in [1.54, 1.807) is 0 Å². The Balaban J connectivity index is 2.26. The van der Waals surface area contributed by atoms with Gasteiger partial charge in [-0.3, -0.25) is 9.59 Å². The molecule has 146 valence electrons. The van der Waals surface area contributed by atoms with Crippen LogP contribution in [0.1, 0.15) is 18.4 Å². The number of halogens is 4. The van der Waals surface area contributed by atoms with Crippen LogP contribution in [0.4, 0.5) is 17.6 Å². The van der Waals surface area contributed by atoms with Gasteiger partial charge in [-0.2, -0.15) is 18.3 Å². The lowest BCUT2D eigenvalue weighted by Crippen LogP contribution is -2.30. The van der Waals surface area contributed by atoms with E-state index in [2.05, 4.69) is 10.1 Å². The third-order valence-electron chi connectivity index (χ3n) is 3.95. The molecular weight excluding hydrogens is 386 g/mol. The maximum absolute atomic E-state index is 13.5. The van der Waals surface area contributed by atoms with Crippen LogP contribution in [0.3, 0.4) is 0 Å². The van der Waals surface area contributed by atoms with E-state index in [1.807, 2.05) is 0 Å². The van der Waals surface area contributed by atoms with Crippen LogP contribution in [0.2, 0.25) is 0 Å². The largest absolute Gasteiger partial charge is 0.511 e. The van der Waals surface area contributed by atoms with Crippen LogP contribution in [0.25, 0.3) is 22.7 Å². The lowest BCUT2D eigenvalue weighted by atomic mass is 10.1. The van der Waals surface area contributed by atoms with Crippen molar-refractivity contribution in [3.8, 4) is 11.3 Å². The number of benzene rings is 1. The minimum Gasteiger partial charge on any atom is -0.511 e. The zero-order valence-corrected chi connectivity index (χ0v) is 13.9. The first kappa shape index (κ1) is 19.3. The molecule has 3 rings (SSSR count). The standard InChI is InChI=1S/C17H11F4N3O4/c18-10-2-1-8(5-9(10)17(19,20)21)11-6-13(26)15(12(25)3-4-14(27)28)16-22-7-23-24(11)16/h1-2,5-7,25H,3-4H2,(H,27,28). The molecule has 2 aromatic heterocycles. The zero-order valence-electron chi connectivity index (χ0n) is 13.9. The number of pyridine rings is 1. The summed E-state index contributed by atoms with van der Waals surface area (Å²) in [7, 11) is 0. The van der Waals surface area contributed by atoms with E-state index in [0.29, 0.717) is 12.1 Å². The van der Waals surface area contributed by atoms with Gasteiger partial charge >= 0.3 is 12.1 Å². The second kappa shape index (κ2) is 6.91. The van der Waals surface area contributed by atoms with Crippen LogP contribution in [-0.2, 0) is 11.0 Å². The van der Waals surface area contributed by atoms with Gasteiger partial charge in [-0.1, -0.05) is 0 Å². The summed E-state index contributed by atoms with van der Waals surface area (Å²) in [5.41, 5.74) is -2.71. The highest BCUT2D eigenvalue weighted by atomic mass is 19.4. The van der Waals surface area contributed by atoms with Crippen molar-refractivity contribution in [2.75, 3.05) is 0 Å². The Morgan fingerprint density at radius 1 is 1.14 bits per heavy atom. The van der Waals surface area contributed by atoms with Crippen molar-refractivity contribution in [1.29, 1.82) is 0 Å². The van der Waals surface area contributed by atoms with Crippen LogP contribution in [0.5, 0.6) is 0 Å². The number of aliphatic hydroxyl groups excluding tert-OH is 1. The molecule has 1 aromatic carbocycles. The van der Waals surface area contributed by atoms with Gasteiger partial charge in [-0.15, -0.1) is 0 Å². The number of carboxylic acids is 1. The molecule has 0 radical (unpaired) electrons. The first-order chi connectivity index (χ1) is 13.1. The van der Waals surface area contributed by atoms with Gasteiger partial charge < -0.3 is 10.2 Å². The number of hydrogen-bond donors (Lipinski definition) is 2. The van der Waals surface area contributed by atoms with Crippen LogP contribution >= 0.6 is 0 Å². The van der Waals surface area contributed by atoms with Gasteiger partial charge in [0.2, 0.25) is 0 Å². The number of alkyl halides is 3. The van der Waals surface area contributed by atoms with Gasteiger partial charge in [0.25, 0.3) is 0 Å². The van der Waals surface area contributed by atoms with Gasteiger partial charge in [-0.25, -0.2) is 13.9 Å². The van der Waals surface area contributed by atoms with Gasteiger partial charge in [0.15, 0.2) is 11.1 Å². The topological polar surface area (TPSA) is 105 Å². The molecule has 0 spiro atoms. The highest BCUT2D eigenvalue weighted by Crippen LogP contribution is 2.34. The van der Waals surface area contributed by atoms with Crippen LogP contribution in [-0.4, -0.2) is 30.8 Å². The van der Waals surface area contributed by atoms with Crippen LogP contribution in [0, 0.1) is 5.82 Å². The van der Waals surface area contributed by atoms with Gasteiger partial charge in [0, 0.05) is 18.1 Å². The van der Waals surface area contributed by atoms with Gasteiger partial charge in [-0.05, 0) is 18.2 Å². The molecule has 0 aliphatic rings. The Hall–Kier alpha value is -3.50. The summed E-state index contributed by atoms with van der Waals surface area (Å²) in [6, 6.07) is 3.13. The minimum absolute atomic E-state index is 0.0993. The summed E-state index contributed by atoms with van der Waals surface area (Å²) in [6.07, 6.45) is -4.72. The number of fused-ring (bicyclic) bond motifs is 1. The van der Waals surface area contributed by atoms with Crippen molar-refractivity contribution >= 4 is 17.4 Å². The van der Waals surface area contributed by atoms with E-state index >= 15 is 0 Å². The first-order valence-corrected chi connectivity index (χ1v) is 7.77. The van der Waals surface area contributed by atoms with Crippen molar-refractivity contribution in [3.63, 3.8) is 0 Å². The van der Waals surface area contributed by atoms with Crippen molar-refractivity contribution in [1.82, 2.24) is 14.6 Å². The van der Waals surface area contributed by atoms with Gasteiger partial charge in [0.1, 0.15) is 23.1 Å². The summed E-state index contributed by atoms with van der Waals surface area (Å²) in [4.78, 5) is 26.9. The fraction of sp³-hybridized carbons (Fsp3) is 0.176. The Labute approximate surface area is 153 Å². The molecule has 0 amide bonds. The lowest BCUT2D eigenvalue weighted by Gasteiger charge is -2.11. The molecule has 0 aliphatic heterocycles. The summed E-state index contributed by atoms with van der Waals surface area (Å²) in [6.45, 7) is 0. The molecular formula is C17H11F4N3O4. The zero-order chi connectivity index (χ0) is 20.6. The molecule has 11 heteroatoms. The summed E-state index contributed by atoms with van der Waals surface area (Å²) in [5.74, 6) is -3.20. The summed E-state index contributed by atoms with van der Waals surface area (Å²) >= 11 is 0. The molecule has 0 aliphatic carbocycles. The SMILES string of the molecule is O=C(O)CCC(O)=c1c(=O)cc(-c2ccc(F)c(C(F)(F)F)c2)n2ncnc12. The van der Waals surface area contributed by atoms with Crippen molar-refractivity contribution in [2.45, 2.75) is 19.0 Å². The predicted octanol–water partition coefficient (Wildman–Crippen LogP) is 2.16. The molecule has 0 bridgehead atoms. The second-order valence-electron chi connectivity index (χ2n) is 5.80. The normalized spacial score (nSPS) is 13.0. The second-order valence-corrected chi connectivity index (χ2v) is 5.80. The van der Waals surface area contributed by atoms with E-state index in [-0.39, 0.29) is 28.5 Å². The van der Waals surface area contributed by atoms with Crippen LogP contribution < -0.4 is 10.6 Å². The Kier molecular flexibility index (Phi) is 4.75.